The SMILES string of the molecule is COc1ccc(C(C(=O)[O-])C2C(C)=CC34OC3(CC(C)C4OC(C)=O)C(=O)C(C)C(OC(C)=O)C3C(C2OC(C)=O)C3(C)C)cc1. The lowest BCUT2D eigenvalue weighted by Crippen LogP contribution is -2.43. The lowest BCUT2D eigenvalue weighted by molar-refractivity contribution is -0.310. The number of aliphatic carboxylic acids is 1. The van der Waals surface area contributed by atoms with E-state index in [1.165, 1.54) is 27.9 Å². The second kappa shape index (κ2) is 11.5. The van der Waals surface area contributed by atoms with Gasteiger partial charge in [-0.05, 0) is 48.4 Å². The Hall–Kier alpha value is -3.73. The summed E-state index contributed by atoms with van der Waals surface area (Å²) in [6, 6.07) is 6.53. The molecular weight excluding hydrogens is 596 g/mol. The van der Waals surface area contributed by atoms with E-state index in [0.29, 0.717) is 16.9 Å². The van der Waals surface area contributed by atoms with Crippen LogP contribution in [-0.4, -0.2) is 66.3 Å². The molecule has 1 heterocycles. The molecule has 0 radical (unpaired) electrons. The topological polar surface area (TPSA) is 158 Å². The van der Waals surface area contributed by atoms with E-state index in [2.05, 4.69) is 0 Å². The normalized spacial score (nSPS) is 37.9. The molecule has 1 aromatic rings. The molecule has 250 valence electrons. The van der Waals surface area contributed by atoms with Gasteiger partial charge in [-0.1, -0.05) is 45.4 Å². The fraction of sp³-hybridized carbons (Fsp3) is 0.629. The Morgan fingerprint density at radius 3 is 1.98 bits per heavy atom. The number of methoxy groups -OCH3 is 1. The first-order valence-electron chi connectivity index (χ1n) is 15.7. The number of esters is 3. The van der Waals surface area contributed by atoms with Gasteiger partial charge in [-0.15, -0.1) is 0 Å². The summed E-state index contributed by atoms with van der Waals surface area (Å²) in [5, 5.41) is 13.2. The van der Waals surface area contributed by atoms with Crippen molar-refractivity contribution in [2.75, 3.05) is 7.11 Å². The molecule has 1 aromatic carbocycles. The molecule has 46 heavy (non-hydrogen) atoms. The van der Waals surface area contributed by atoms with Crippen LogP contribution < -0.4 is 9.84 Å². The van der Waals surface area contributed by atoms with E-state index in [1.54, 1.807) is 44.2 Å². The molecule has 3 fully saturated rings. The van der Waals surface area contributed by atoms with Gasteiger partial charge in [0.15, 0.2) is 17.0 Å². The zero-order chi connectivity index (χ0) is 34.1. The van der Waals surface area contributed by atoms with Crippen LogP contribution in [-0.2, 0) is 42.9 Å². The number of rotatable bonds is 7. The van der Waals surface area contributed by atoms with E-state index in [4.69, 9.17) is 23.7 Å². The van der Waals surface area contributed by atoms with Crippen LogP contribution in [0, 0.1) is 35.0 Å². The molecule has 0 amide bonds. The van der Waals surface area contributed by atoms with E-state index in [1.807, 2.05) is 20.8 Å². The molecule has 11 unspecified atom stereocenters. The number of hydrogen-bond acceptors (Lipinski definition) is 11. The van der Waals surface area contributed by atoms with Crippen LogP contribution in [0.3, 0.4) is 0 Å². The number of benzene rings is 1. The molecular formula is C35H43O11-. The van der Waals surface area contributed by atoms with Crippen molar-refractivity contribution >= 4 is 29.7 Å². The number of epoxide rings is 1. The number of Topliss-reactive ketones (excluding diaryl/α,β-unsaturated/α-hetero) is 1. The quantitative estimate of drug-likeness (QED) is 0.187. The van der Waals surface area contributed by atoms with Crippen molar-refractivity contribution in [3.63, 3.8) is 0 Å². The van der Waals surface area contributed by atoms with Gasteiger partial charge >= 0.3 is 17.9 Å². The Morgan fingerprint density at radius 1 is 0.913 bits per heavy atom. The predicted octanol–water partition coefficient (Wildman–Crippen LogP) is 2.92. The monoisotopic (exact) mass is 639 g/mol. The predicted molar refractivity (Wildman–Crippen MR) is 160 cm³/mol. The Labute approximate surface area is 268 Å². The van der Waals surface area contributed by atoms with Crippen LogP contribution in [0.1, 0.15) is 73.3 Å². The van der Waals surface area contributed by atoms with Crippen LogP contribution in [0.5, 0.6) is 5.75 Å². The summed E-state index contributed by atoms with van der Waals surface area (Å²) in [4.78, 5) is 65.3. The minimum absolute atomic E-state index is 0.239. The molecule has 0 spiro atoms. The van der Waals surface area contributed by atoms with Crippen LogP contribution in [0.15, 0.2) is 35.9 Å². The molecule has 11 nitrogen and oxygen atoms in total. The lowest BCUT2D eigenvalue weighted by atomic mass is 9.74. The number of hydrogen-bond donors (Lipinski definition) is 0. The number of carboxylic acid groups (broad SMARTS) is 1. The average Bonchev–Trinajstić information content (AvgIpc) is 3.75. The Morgan fingerprint density at radius 2 is 1.46 bits per heavy atom. The maximum atomic E-state index is 14.5. The Kier molecular flexibility index (Phi) is 8.41. The molecule has 0 bridgehead atoms. The summed E-state index contributed by atoms with van der Waals surface area (Å²) in [5.74, 6) is -7.38. The van der Waals surface area contributed by atoms with Crippen LogP contribution in [0.4, 0.5) is 0 Å². The highest BCUT2D eigenvalue weighted by Gasteiger charge is 2.84. The van der Waals surface area contributed by atoms with Crippen molar-refractivity contribution in [3.8, 4) is 5.75 Å². The molecule has 5 rings (SSSR count). The molecule has 1 aliphatic heterocycles. The van der Waals surface area contributed by atoms with E-state index >= 15 is 0 Å². The van der Waals surface area contributed by atoms with Gasteiger partial charge in [-0.25, -0.2) is 0 Å². The van der Waals surface area contributed by atoms with Gasteiger partial charge in [0.1, 0.15) is 24.1 Å². The highest BCUT2D eigenvalue weighted by Crippen LogP contribution is 2.69. The minimum Gasteiger partial charge on any atom is -0.549 e. The minimum atomic E-state index is -1.41. The lowest BCUT2D eigenvalue weighted by Gasteiger charge is -2.37. The van der Waals surface area contributed by atoms with Crippen molar-refractivity contribution in [2.24, 2.45) is 35.0 Å². The molecule has 11 atom stereocenters. The summed E-state index contributed by atoms with van der Waals surface area (Å²) in [6.07, 6.45) is -0.879. The van der Waals surface area contributed by atoms with Gasteiger partial charge < -0.3 is 33.6 Å². The van der Waals surface area contributed by atoms with E-state index in [-0.39, 0.29) is 18.1 Å². The fourth-order valence-corrected chi connectivity index (χ4v) is 8.87. The standard InChI is InChI=1S/C35H44O11/c1-16-14-35-31(45-21(6)38)17(2)15-34(35,46-35)30(39)18(3)28(43-19(4)36)26-27(33(26,7)8)29(44-20(5)37)24(16)25(32(40)41)22-10-12-23(42-9)13-11-22/h10-14,17-18,24-29,31H,15H2,1-9H3,(H,40,41)/p-1. The number of ether oxygens (including phenoxy) is 5. The third-order valence-electron chi connectivity index (χ3n) is 10.8. The number of carbonyl (C=O) groups excluding carboxylic acids is 5. The molecule has 4 aliphatic rings. The molecule has 3 aliphatic carbocycles. The first kappa shape index (κ1) is 33.6. The summed E-state index contributed by atoms with van der Waals surface area (Å²) < 4.78 is 29.4. The molecule has 0 aromatic heterocycles. The van der Waals surface area contributed by atoms with Gasteiger partial charge in [0.2, 0.25) is 0 Å². The fourth-order valence-electron chi connectivity index (χ4n) is 8.87. The number of fused-ring (bicyclic) bond motifs is 1. The molecule has 2 saturated carbocycles. The van der Waals surface area contributed by atoms with E-state index in [9.17, 15) is 29.1 Å². The van der Waals surface area contributed by atoms with Crippen molar-refractivity contribution in [2.45, 2.75) is 97.2 Å². The average molecular weight is 640 g/mol. The zero-order valence-electron chi connectivity index (χ0n) is 27.8. The van der Waals surface area contributed by atoms with Crippen molar-refractivity contribution in [3.05, 3.63) is 41.5 Å². The van der Waals surface area contributed by atoms with E-state index in [0.717, 1.165) is 0 Å². The largest absolute Gasteiger partial charge is 0.549 e. The van der Waals surface area contributed by atoms with Crippen molar-refractivity contribution in [1.82, 2.24) is 0 Å². The third-order valence-corrected chi connectivity index (χ3v) is 10.8. The zero-order valence-corrected chi connectivity index (χ0v) is 27.8. The summed E-state index contributed by atoms with van der Waals surface area (Å²) in [5.41, 5.74) is -2.59. The first-order valence-corrected chi connectivity index (χ1v) is 15.7. The van der Waals surface area contributed by atoms with Crippen LogP contribution in [0.25, 0.3) is 0 Å². The van der Waals surface area contributed by atoms with Gasteiger partial charge in [-0.3, -0.25) is 19.2 Å². The Bertz CT molecular complexity index is 1480. The molecule has 0 N–H and O–H groups in total. The van der Waals surface area contributed by atoms with Crippen molar-refractivity contribution < 1.29 is 52.8 Å². The van der Waals surface area contributed by atoms with Crippen LogP contribution in [0.2, 0.25) is 0 Å². The van der Waals surface area contributed by atoms with Gasteiger partial charge in [-0.2, -0.15) is 0 Å². The number of carboxylic acids is 1. The maximum absolute atomic E-state index is 14.5. The first-order chi connectivity index (χ1) is 21.4. The smallest absolute Gasteiger partial charge is 0.303 e. The molecule has 11 heteroatoms. The second-order valence-electron chi connectivity index (χ2n) is 14.1. The van der Waals surface area contributed by atoms with Crippen molar-refractivity contribution in [1.29, 1.82) is 0 Å². The van der Waals surface area contributed by atoms with Gasteiger partial charge in [0, 0.05) is 50.4 Å². The van der Waals surface area contributed by atoms with Crippen LogP contribution >= 0.6 is 0 Å². The maximum Gasteiger partial charge on any atom is 0.303 e. The highest BCUT2D eigenvalue weighted by atomic mass is 16.7. The van der Waals surface area contributed by atoms with E-state index < -0.39 is 88.4 Å². The molecule has 1 saturated heterocycles. The third kappa shape index (κ3) is 5.20. The summed E-state index contributed by atoms with van der Waals surface area (Å²) >= 11 is 0. The number of ketones is 1. The Balaban J connectivity index is 1.79. The van der Waals surface area contributed by atoms with Gasteiger partial charge in [0.05, 0.1) is 13.0 Å². The number of carbonyl (C=O) groups is 5. The van der Waals surface area contributed by atoms with Gasteiger partial charge in [0.25, 0.3) is 0 Å². The second-order valence-corrected chi connectivity index (χ2v) is 14.1. The highest BCUT2D eigenvalue weighted by molar-refractivity contribution is 5.96. The summed E-state index contributed by atoms with van der Waals surface area (Å²) in [6.45, 7) is 12.9. The summed E-state index contributed by atoms with van der Waals surface area (Å²) in [7, 11) is 1.50.